The van der Waals surface area contributed by atoms with Crippen molar-refractivity contribution in [1.29, 1.82) is 0 Å². The van der Waals surface area contributed by atoms with Crippen LogP contribution >= 0.6 is 0 Å². The topological polar surface area (TPSA) is 74.7 Å². The van der Waals surface area contributed by atoms with E-state index in [9.17, 15) is 66.6 Å². The maximum Gasteiger partial charge on any atom is 0.435 e. The molecule has 4 rings (SSSR count). The van der Waals surface area contributed by atoms with Crippen molar-refractivity contribution in [3.63, 3.8) is 0 Å². The van der Waals surface area contributed by atoms with Crippen LogP contribution in [0.4, 0.5) is 48.3 Å². The molecule has 17 heteroatoms. The van der Waals surface area contributed by atoms with Gasteiger partial charge in [-0.1, -0.05) is 18.2 Å². The molecule has 1 N–H and O–H groups in total. The van der Waals surface area contributed by atoms with Gasteiger partial charge in [-0.3, -0.25) is 4.79 Å². The molecule has 1 amide bonds. The van der Waals surface area contributed by atoms with Crippen LogP contribution in [-0.4, -0.2) is 61.0 Å². The van der Waals surface area contributed by atoms with Crippen LogP contribution in [0.5, 0.6) is 0 Å². The number of hydrogen-bond donors (Lipinski definition) is 1. The number of likely N-dealkylation sites (tertiary alicyclic amines) is 1. The number of carbonyl (C=O) groups is 1. The minimum Gasteiger partial charge on any atom is -0.373 e. The number of aliphatic hydroxyl groups is 1. The van der Waals surface area contributed by atoms with E-state index in [1.807, 2.05) is 0 Å². The maximum absolute atomic E-state index is 14.8. The Morgan fingerprint density at radius 3 is 1.95 bits per heavy atom. The molecule has 3 atom stereocenters. The summed E-state index contributed by atoms with van der Waals surface area (Å²) in [5.41, 5.74) is -12.7. The summed E-state index contributed by atoms with van der Waals surface area (Å²) >= 11 is 0. The molecule has 1 saturated heterocycles. The van der Waals surface area contributed by atoms with Gasteiger partial charge in [-0.15, -0.1) is 0 Å². The quantitative estimate of drug-likeness (QED) is 0.347. The number of fused-ring (bicyclic) bond motifs is 3. The molecule has 1 aliphatic heterocycles. The Balaban J connectivity index is 1.97. The summed E-state index contributed by atoms with van der Waals surface area (Å²) in [6.45, 7) is -0.586. The normalized spacial score (nSPS) is 23.3. The van der Waals surface area contributed by atoms with Gasteiger partial charge in [0.2, 0.25) is 5.60 Å². The second kappa shape index (κ2) is 9.53. The van der Waals surface area contributed by atoms with Crippen molar-refractivity contribution in [3.8, 4) is 0 Å². The van der Waals surface area contributed by atoms with Crippen molar-refractivity contribution in [3.05, 3.63) is 65.0 Å². The summed E-state index contributed by atoms with van der Waals surface area (Å²) in [5.74, 6) is -2.83. The van der Waals surface area contributed by atoms with Gasteiger partial charge in [-0.2, -0.15) is 39.5 Å². The lowest BCUT2D eigenvalue weighted by molar-refractivity contribution is -0.348. The number of alkyl halides is 10. The largest absolute Gasteiger partial charge is 0.435 e. The Morgan fingerprint density at radius 1 is 0.905 bits per heavy atom. The van der Waals surface area contributed by atoms with Gasteiger partial charge in [0.25, 0.3) is 5.91 Å². The Labute approximate surface area is 230 Å². The number of amides is 1. The second-order valence-corrected chi connectivity index (χ2v) is 12.5. The number of benzene rings is 2. The highest BCUT2D eigenvalue weighted by Crippen LogP contribution is 2.57. The first kappa shape index (κ1) is 32.0. The monoisotopic (exact) mass is 639 g/mol. The van der Waals surface area contributed by atoms with E-state index in [-0.39, 0.29) is 19.1 Å². The highest BCUT2D eigenvalue weighted by atomic mass is 32.2. The van der Waals surface area contributed by atoms with Crippen LogP contribution in [0.15, 0.2) is 47.4 Å². The molecule has 0 aromatic heterocycles. The molecule has 2 aliphatic rings. The number of rotatable bonds is 4. The van der Waals surface area contributed by atoms with E-state index in [1.165, 1.54) is 0 Å². The van der Waals surface area contributed by atoms with Gasteiger partial charge in [0.05, 0.1) is 10.9 Å². The highest BCUT2D eigenvalue weighted by Gasteiger charge is 2.74. The summed E-state index contributed by atoms with van der Waals surface area (Å²) in [7, 11) is -4.90. The van der Waals surface area contributed by atoms with Crippen LogP contribution in [0, 0.1) is 5.82 Å². The number of carbonyl (C=O) groups excluding carboxylic acids is 1. The smallest absolute Gasteiger partial charge is 0.373 e. The Bertz CT molecular complexity index is 1480. The highest BCUT2D eigenvalue weighted by molar-refractivity contribution is 7.92. The summed E-state index contributed by atoms with van der Waals surface area (Å²) in [5, 5.41) is 10.0. The van der Waals surface area contributed by atoms with Crippen LogP contribution in [0.3, 0.4) is 0 Å². The Hall–Kier alpha value is -2.95. The number of aryl methyl sites for hydroxylation is 1. The predicted molar refractivity (Wildman–Crippen MR) is 122 cm³/mol. The van der Waals surface area contributed by atoms with Gasteiger partial charge in [-0.25, -0.2) is 17.2 Å². The molecule has 0 radical (unpaired) electrons. The molecule has 2 aromatic rings. The predicted octanol–water partition coefficient (Wildman–Crippen LogP) is 5.64. The molecule has 0 bridgehead atoms. The molecule has 5 nitrogen and oxygen atoms in total. The summed E-state index contributed by atoms with van der Waals surface area (Å²) in [6.07, 6.45) is -20.3. The van der Waals surface area contributed by atoms with Crippen molar-refractivity contribution >= 4 is 15.7 Å². The molecule has 42 heavy (non-hydrogen) atoms. The van der Waals surface area contributed by atoms with Crippen molar-refractivity contribution in [2.24, 2.45) is 0 Å². The van der Waals surface area contributed by atoms with Crippen LogP contribution < -0.4 is 0 Å². The minimum atomic E-state index is -6.48. The van der Waals surface area contributed by atoms with E-state index in [0.29, 0.717) is 11.0 Å². The fourth-order valence-electron chi connectivity index (χ4n) is 5.70. The summed E-state index contributed by atoms with van der Waals surface area (Å²) < 4.78 is 175. The summed E-state index contributed by atoms with van der Waals surface area (Å²) in [4.78, 5) is 12.8. The second-order valence-electron chi connectivity index (χ2n) is 10.2. The van der Waals surface area contributed by atoms with Crippen LogP contribution in [-0.2, 0) is 31.5 Å². The molecule has 0 saturated carbocycles. The van der Waals surface area contributed by atoms with E-state index in [4.69, 9.17) is 0 Å². The third-order valence-corrected chi connectivity index (χ3v) is 10.4. The van der Waals surface area contributed by atoms with Crippen LogP contribution in [0.1, 0.15) is 36.5 Å². The fraction of sp³-hybridized carbons (Fsp3) is 0.480. The van der Waals surface area contributed by atoms with Gasteiger partial charge in [0, 0.05) is 12.1 Å². The molecular weight excluding hydrogens is 619 g/mol. The van der Waals surface area contributed by atoms with E-state index in [2.05, 4.69) is 0 Å². The van der Waals surface area contributed by atoms with Gasteiger partial charge >= 0.3 is 24.2 Å². The van der Waals surface area contributed by atoms with Gasteiger partial charge < -0.3 is 10.0 Å². The average Bonchev–Trinajstić information content (AvgIpc) is 3.27. The number of halogens is 11. The molecular formula is C25H20F11NO4S. The molecule has 1 heterocycles. The SMILES string of the molecule is C[C@@](O)(C(=O)N1CC[C@@]2(S(=O)(=O)c3ccc(F)cc3)c3ccc(C(F)(C(F)(F)F)C(F)(F)F)cc3CC[C@@H]12)C(F)(F)F. The fourth-order valence-corrected chi connectivity index (χ4v) is 8.06. The number of hydrogen-bond acceptors (Lipinski definition) is 4. The minimum absolute atomic E-state index is 0.0838. The van der Waals surface area contributed by atoms with Gasteiger partial charge in [-0.05, 0) is 61.6 Å². The lowest BCUT2D eigenvalue weighted by Crippen LogP contribution is -2.60. The zero-order chi connectivity index (χ0) is 31.9. The van der Waals surface area contributed by atoms with Gasteiger partial charge in [0.1, 0.15) is 10.6 Å². The van der Waals surface area contributed by atoms with Crippen molar-refractivity contribution in [1.82, 2.24) is 4.90 Å². The molecule has 2 aromatic carbocycles. The molecule has 0 unspecified atom stereocenters. The Kier molecular flexibility index (Phi) is 7.25. The zero-order valence-corrected chi connectivity index (χ0v) is 21.9. The molecule has 0 spiro atoms. The zero-order valence-electron chi connectivity index (χ0n) is 21.1. The number of sulfone groups is 1. The van der Waals surface area contributed by atoms with Crippen LogP contribution in [0.2, 0.25) is 0 Å². The lowest BCUT2D eigenvalue weighted by Gasteiger charge is -2.44. The molecule has 1 aliphatic carbocycles. The van der Waals surface area contributed by atoms with E-state index >= 15 is 0 Å². The first-order valence-electron chi connectivity index (χ1n) is 12.0. The van der Waals surface area contributed by atoms with E-state index in [0.717, 1.165) is 24.3 Å². The third-order valence-electron chi connectivity index (χ3n) is 7.90. The van der Waals surface area contributed by atoms with Crippen LogP contribution in [0.25, 0.3) is 0 Å². The average molecular weight is 639 g/mol. The molecule has 232 valence electrons. The van der Waals surface area contributed by atoms with Crippen molar-refractivity contribution < 1.29 is 66.6 Å². The number of nitrogens with zero attached hydrogens (tertiary/aromatic N) is 1. The first-order chi connectivity index (χ1) is 18.9. The standard InChI is InChI=1S/C25H20F11NO4S/c1-20(39,23(28,29)30)19(38)37-11-10-21(42(40,41)16-6-4-15(26)5-7-16)17-8-3-14(12-13(17)2-9-18(21)37)22(27,24(31,32)33)25(34,35)36/h3-8,12,18,39H,2,9-11H2,1H3/t18-,20-,21-/m1/s1. The lowest BCUT2D eigenvalue weighted by atomic mass is 9.76. The first-order valence-corrected chi connectivity index (χ1v) is 13.5. The third kappa shape index (κ3) is 4.36. The van der Waals surface area contributed by atoms with E-state index < -0.39 is 110 Å². The van der Waals surface area contributed by atoms with Gasteiger partial charge in [0.15, 0.2) is 9.84 Å². The van der Waals surface area contributed by atoms with E-state index in [1.54, 1.807) is 0 Å². The maximum atomic E-state index is 14.8. The summed E-state index contributed by atoms with van der Waals surface area (Å²) in [6, 6.07) is 2.12. The van der Waals surface area contributed by atoms with Crippen molar-refractivity contribution in [2.75, 3.05) is 6.54 Å². The van der Waals surface area contributed by atoms with Crippen molar-refractivity contribution in [2.45, 2.75) is 71.7 Å². The Morgan fingerprint density at radius 2 is 1.45 bits per heavy atom. The molecule has 1 fully saturated rings.